The fraction of sp³-hybridized carbons (Fsp3) is 0.133. The molecular weight excluding hydrogens is 324 g/mol. The molecule has 2 heterocycles. The Bertz CT molecular complexity index is 737. The van der Waals surface area contributed by atoms with Crippen molar-refractivity contribution in [3.05, 3.63) is 64.2 Å². The van der Waals surface area contributed by atoms with Crippen molar-refractivity contribution in [2.24, 2.45) is 0 Å². The van der Waals surface area contributed by atoms with Crippen molar-refractivity contribution in [2.45, 2.75) is 17.4 Å². The number of benzene rings is 1. The number of rotatable bonds is 3. The van der Waals surface area contributed by atoms with Gasteiger partial charge in [-0.25, -0.2) is 14.8 Å². The first-order valence-electron chi connectivity index (χ1n) is 6.45. The summed E-state index contributed by atoms with van der Waals surface area (Å²) in [5.41, 5.74) is 0.643. The number of aliphatic hydroxyl groups is 1. The lowest BCUT2D eigenvalue weighted by Gasteiger charge is -2.24. The molecule has 0 fully saturated rings. The maximum atomic E-state index is 12.2. The van der Waals surface area contributed by atoms with Gasteiger partial charge in [-0.2, -0.15) is 0 Å². The average Bonchev–Trinajstić information content (AvgIpc) is 2.53. The third kappa shape index (κ3) is 3.08. The molecule has 22 heavy (non-hydrogen) atoms. The van der Waals surface area contributed by atoms with E-state index < -0.39 is 12.1 Å². The molecule has 0 saturated carbocycles. The van der Waals surface area contributed by atoms with Gasteiger partial charge in [-0.05, 0) is 12.1 Å². The van der Waals surface area contributed by atoms with Gasteiger partial charge in [-0.15, -0.1) is 0 Å². The zero-order valence-corrected chi connectivity index (χ0v) is 12.8. The van der Waals surface area contributed by atoms with Crippen molar-refractivity contribution in [3.8, 4) is 0 Å². The van der Waals surface area contributed by atoms with E-state index in [1.807, 2.05) is 6.07 Å². The summed E-state index contributed by atoms with van der Waals surface area (Å²) in [4.78, 5) is 20.8. The van der Waals surface area contributed by atoms with Crippen molar-refractivity contribution < 1.29 is 14.6 Å². The van der Waals surface area contributed by atoms with Crippen LogP contribution in [0.25, 0.3) is 0 Å². The standard InChI is InChI=1S/C15H11ClN2O3S/c16-10-3-1-2-4-13(10)22-14-11(19)5-12(21-15(14)20)9-6-17-8-18-7-9/h1-4,6-8,12,19H,5H2. The second-order valence-electron chi connectivity index (χ2n) is 4.58. The van der Waals surface area contributed by atoms with Crippen LogP contribution in [0.5, 0.6) is 0 Å². The molecule has 1 atom stereocenters. The van der Waals surface area contributed by atoms with Crippen LogP contribution in [0.1, 0.15) is 18.1 Å². The minimum Gasteiger partial charge on any atom is -0.511 e. The fourth-order valence-electron chi connectivity index (χ4n) is 2.01. The van der Waals surface area contributed by atoms with E-state index >= 15 is 0 Å². The van der Waals surface area contributed by atoms with E-state index in [1.54, 1.807) is 30.6 Å². The largest absolute Gasteiger partial charge is 0.511 e. The highest BCUT2D eigenvalue weighted by Crippen LogP contribution is 2.40. The van der Waals surface area contributed by atoms with Crippen molar-refractivity contribution in [2.75, 3.05) is 0 Å². The first-order chi connectivity index (χ1) is 10.6. The molecule has 1 aliphatic rings. The zero-order chi connectivity index (χ0) is 15.5. The Labute approximate surface area is 136 Å². The topological polar surface area (TPSA) is 72.3 Å². The molecule has 0 aliphatic carbocycles. The van der Waals surface area contributed by atoms with Gasteiger partial charge >= 0.3 is 5.97 Å². The summed E-state index contributed by atoms with van der Waals surface area (Å²) in [6.45, 7) is 0. The lowest BCUT2D eigenvalue weighted by molar-refractivity contribution is -0.146. The van der Waals surface area contributed by atoms with Crippen LogP contribution in [0.2, 0.25) is 5.02 Å². The third-order valence-corrected chi connectivity index (χ3v) is 4.70. The quantitative estimate of drug-likeness (QED) is 0.863. The Hall–Kier alpha value is -2.05. The Morgan fingerprint density at radius 2 is 2.00 bits per heavy atom. The minimum absolute atomic E-state index is 0.0185. The second-order valence-corrected chi connectivity index (χ2v) is 6.04. The molecule has 0 spiro atoms. The molecule has 2 aromatic rings. The molecule has 1 N–H and O–H groups in total. The number of aliphatic hydroxyl groups excluding tert-OH is 1. The van der Waals surface area contributed by atoms with Crippen molar-refractivity contribution in [3.63, 3.8) is 0 Å². The highest BCUT2D eigenvalue weighted by atomic mass is 35.5. The van der Waals surface area contributed by atoms with E-state index in [-0.39, 0.29) is 17.1 Å². The number of carbonyl (C=O) groups excluding carboxylic acids is 1. The third-order valence-electron chi connectivity index (χ3n) is 3.08. The molecule has 1 aromatic carbocycles. The van der Waals surface area contributed by atoms with Crippen molar-refractivity contribution in [1.29, 1.82) is 0 Å². The number of aromatic nitrogens is 2. The molecule has 3 rings (SSSR count). The van der Waals surface area contributed by atoms with Gasteiger partial charge < -0.3 is 9.84 Å². The van der Waals surface area contributed by atoms with Gasteiger partial charge in [0.25, 0.3) is 0 Å². The summed E-state index contributed by atoms with van der Waals surface area (Å²) in [7, 11) is 0. The van der Waals surface area contributed by atoms with Gasteiger partial charge in [0.05, 0.1) is 5.02 Å². The molecule has 7 heteroatoms. The van der Waals surface area contributed by atoms with Crippen LogP contribution in [-0.4, -0.2) is 21.0 Å². The highest BCUT2D eigenvalue weighted by molar-refractivity contribution is 8.04. The van der Waals surface area contributed by atoms with Gasteiger partial charge in [0.2, 0.25) is 0 Å². The highest BCUT2D eigenvalue weighted by Gasteiger charge is 2.31. The Balaban J connectivity index is 1.84. The number of halogens is 1. The normalized spacial score (nSPS) is 18.2. The van der Waals surface area contributed by atoms with Gasteiger partial charge in [0.1, 0.15) is 23.1 Å². The summed E-state index contributed by atoms with van der Waals surface area (Å²) in [5.74, 6) is -0.599. The van der Waals surface area contributed by atoms with E-state index in [1.165, 1.54) is 6.33 Å². The van der Waals surface area contributed by atoms with E-state index in [2.05, 4.69) is 9.97 Å². The number of hydrogen-bond donors (Lipinski definition) is 1. The smallest absolute Gasteiger partial charge is 0.349 e. The first-order valence-corrected chi connectivity index (χ1v) is 7.65. The number of nitrogens with zero attached hydrogens (tertiary/aromatic N) is 2. The van der Waals surface area contributed by atoms with Crippen LogP contribution in [0, 0.1) is 0 Å². The minimum atomic E-state index is -0.581. The molecule has 1 aliphatic heterocycles. The predicted molar refractivity (Wildman–Crippen MR) is 82.4 cm³/mol. The maximum Gasteiger partial charge on any atom is 0.349 e. The lowest BCUT2D eigenvalue weighted by Crippen LogP contribution is -2.20. The number of carbonyl (C=O) groups is 1. The van der Waals surface area contributed by atoms with Crippen LogP contribution in [0.4, 0.5) is 0 Å². The van der Waals surface area contributed by atoms with Gasteiger partial charge in [-0.3, -0.25) is 0 Å². The first kappa shape index (κ1) is 14.9. The fourth-order valence-corrected chi connectivity index (χ4v) is 3.13. The SMILES string of the molecule is O=C1OC(c2cncnc2)CC(O)=C1Sc1ccccc1Cl. The summed E-state index contributed by atoms with van der Waals surface area (Å²) in [6.07, 6.45) is 4.12. The maximum absolute atomic E-state index is 12.2. The average molecular weight is 335 g/mol. The lowest BCUT2D eigenvalue weighted by atomic mass is 10.1. The summed E-state index contributed by atoms with van der Waals surface area (Å²) < 4.78 is 5.37. The molecule has 0 saturated heterocycles. The molecule has 5 nitrogen and oxygen atoms in total. The number of cyclic esters (lactones) is 1. The van der Waals surface area contributed by atoms with Crippen LogP contribution in [0.3, 0.4) is 0 Å². The van der Waals surface area contributed by atoms with Crippen LogP contribution >= 0.6 is 23.4 Å². The molecule has 1 unspecified atom stereocenters. The number of ether oxygens (including phenoxy) is 1. The van der Waals surface area contributed by atoms with Crippen LogP contribution in [0.15, 0.2) is 58.5 Å². The van der Waals surface area contributed by atoms with Gasteiger partial charge in [0.15, 0.2) is 0 Å². The summed E-state index contributed by atoms with van der Waals surface area (Å²) in [6, 6.07) is 7.10. The summed E-state index contributed by atoms with van der Waals surface area (Å²) >= 11 is 7.17. The van der Waals surface area contributed by atoms with Gasteiger partial charge in [0, 0.05) is 29.3 Å². The van der Waals surface area contributed by atoms with Crippen LogP contribution < -0.4 is 0 Å². The van der Waals surface area contributed by atoms with Crippen molar-refractivity contribution >= 4 is 29.3 Å². The zero-order valence-electron chi connectivity index (χ0n) is 11.3. The molecular formula is C15H11ClN2O3S. The number of esters is 1. The van der Waals surface area contributed by atoms with E-state index in [0.717, 1.165) is 11.8 Å². The summed E-state index contributed by atoms with van der Waals surface area (Å²) in [5, 5.41) is 10.7. The Kier molecular flexibility index (Phi) is 4.31. The van der Waals surface area contributed by atoms with E-state index in [9.17, 15) is 9.90 Å². The van der Waals surface area contributed by atoms with Crippen LogP contribution in [-0.2, 0) is 9.53 Å². The van der Waals surface area contributed by atoms with Gasteiger partial charge in [-0.1, -0.05) is 35.5 Å². The molecule has 0 amide bonds. The number of thioether (sulfide) groups is 1. The Morgan fingerprint density at radius 1 is 1.27 bits per heavy atom. The second kappa shape index (κ2) is 6.37. The number of hydrogen-bond acceptors (Lipinski definition) is 6. The van der Waals surface area contributed by atoms with E-state index in [0.29, 0.717) is 15.5 Å². The predicted octanol–water partition coefficient (Wildman–Crippen LogP) is 3.68. The monoisotopic (exact) mass is 334 g/mol. The Morgan fingerprint density at radius 3 is 2.68 bits per heavy atom. The molecule has 0 radical (unpaired) electrons. The van der Waals surface area contributed by atoms with E-state index in [4.69, 9.17) is 16.3 Å². The van der Waals surface area contributed by atoms with Crippen molar-refractivity contribution in [1.82, 2.24) is 9.97 Å². The molecule has 112 valence electrons. The molecule has 0 bridgehead atoms. The molecule has 1 aromatic heterocycles.